The number of rotatable bonds is 1. The van der Waals surface area contributed by atoms with Crippen LogP contribution in [0.5, 0.6) is 0 Å². The number of imidazole rings is 1. The largest absolute Gasteiger partial charge is 0.448 e. The topological polar surface area (TPSA) is 30.4 Å². The highest BCUT2D eigenvalue weighted by atomic mass is 79.9. The highest BCUT2D eigenvalue weighted by Crippen LogP contribution is 2.25. The Hall–Kier alpha value is -1.26. The summed E-state index contributed by atoms with van der Waals surface area (Å²) < 4.78 is 7.94. The van der Waals surface area contributed by atoms with Crippen LogP contribution < -0.4 is 0 Å². The fraction of sp³-hybridized carbons (Fsp3) is 0. The first-order valence-electron chi connectivity index (χ1n) is 4.63. The molecule has 0 saturated carbocycles. The van der Waals surface area contributed by atoms with Gasteiger partial charge in [-0.15, -0.1) is 0 Å². The predicted molar refractivity (Wildman–Crippen MR) is 65.6 cm³/mol. The summed E-state index contributed by atoms with van der Waals surface area (Å²) in [5, 5.41) is 0.627. The molecule has 0 unspecified atom stereocenters. The number of hydrogen-bond acceptors (Lipinski definition) is 2. The summed E-state index contributed by atoms with van der Waals surface area (Å²) in [4.78, 5) is 4.42. The van der Waals surface area contributed by atoms with Gasteiger partial charge >= 0.3 is 0 Å². The number of aromatic nitrogens is 2. The van der Waals surface area contributed by atoms with E-state index in [9.17, 15) is 0 Å². The van der Waals surface area contributed by atoms with Crippen LogP contribution in [0.4, 0.5) is 0 Å². The van der Waals surface area contributed by atoms with Crippen molar-refractivity contribution in [1.82, 2.24) is 9.38 Å². The Labute approximate surface area is 105 Å². The zero-order valence-electron chi connectivity index (χ0n) is 8.02. The number of fused-ring (bicyclic) bond motifs is 1. The van der Waals surface area contributed by atoms with E-state index >= 15 is 0 Å². The lowest BCUT2D eigenvalue weighted by Crippen LogP contribution is -1.82. The zero-order valence-corrected chi connectivity index (χ0v) is 10.4. The minimum atomic E-state index is 0.627. The molecule has 0 aliphatic heterocycles. The molecule has 16 heavy (non-hydrogen) atoms. The quantitative estimate of drug-likeness (QED) is 0.635. The fourth-order valence-electron chi connectivity index (χ4n) is 1.55. The van der Waals surface area contributed by atoms with Crippen molar-refractivity contribution < 1.29 is 4.42 Å². The van der Waals surface area contributed by atoms with Crippen LogP contribution in [0.1, 0.15) is 0 Å². The van der Waals surface area contributed by atoms with E-state index in [1.807, 2.05) is 40.9 Å². The summed E-state index contributed by atoms with van der Waals surface area (Å²) in [6.45, 7) is 0. The third kappa shape index (κ3) is 1.54. The lowest BCUT2D eigenvalue weighted by atomic mass is 10.4. The molecule has 5 heteroatoms. The van der Waals surface area contributed by atoms with Gasteiger partial charge in [0.1, 0.15) is 16.5 Å². The second kappa shape index (κ2) is 3.64. The first-order chi connectivity index (χ1) is 7.74. The molecular weight excluding hydrogens is 291 g/mol. The van der Waals surface area contributed by atoms with Crippen LogP contribution in [0.2, 0.25) is 5.15 Å². The highest BCUT2D eigenvalue weighted by molar-refractivity contribution is 9.10. The molecule has 3 aromatic heterocycles. The number of nitrogens with zero attached hydrogens (tertiary/aromatic N) is 2. The van der Waals surface area contributed by atoms with E-state index in [-0.39, 0.29) is 0 Å². The summed E-state index contributed by atoms with van der Waals surface area (Å²) in [6, 6.07) is 9.28. The maximum Gasteiger partial charge on any atom is 0.169 e. The molecule has 0 saturated heterocycles. The maximum atomic E-state index is 6.05. The van der Waals surface area contributed by atoms with Crippen molar-refractivity contribution in [1.29, 1.82) is 0 Å². The summed E-state index contributed by atoms with van der Waals surface area (Å²) in [6.07, 6.45) is 1.85. The van der Waals surface area contributed by atoms with Crippen LogP contribution >= 0.6 is 27.5 Å². The smallest absolute Gasteiger partial charge is 0.169 e. The number of pyridine rings is 1. The molecule has 0 N–H and O–H groups in total. The molecule has 3 rings (SSSR count). The van der Waals surface area contributed by atoms with Gasteiger partial charge in [0, 0.05) is 6.20 Å². The number of halogens is 2. The number of hydrogen-bond donors (Lipinski definition) is 0. The molecule has 0 radical (unpaired) electrons. The van der Waals surface area contributed by atoms with E-state index in [0.717, 1.165) is 11.3 Å². The van der Waals surface area contributed by atoms with Gasteiger partial charge in [0.2, 0.25) is 0 Å². The Bertz CT molecular complexity index is 659. The molecular formula is C11H6BrClN2O. The number of furan rings is 1. The van der Waals surface area contributed by atoms with Gasteiger partial charge in [0.15, 0.2) is 10.4 Å². The molecule has 0 aliphatic rings. The standard InChI is InChI=1S/C11H6BrClN2O/c12-9-5-4-8(16-9)7-6-15-10(13)2-1-3-11(15)14-7/h1-6H. The third-order valence-electron chi connectivity index (χ3n) is 2.27. The first kappa shape index (κ1) is 9.93. The van der Waals surface area contributed by atoms with Gasteiger partial charge in [-0.1, -0.05) is 17.7 Å². The van der Waals surface area contributed by atoms with Crippen LogP contribution in [0, 0.1) is 0 Å². The van der Waals surface area contributed by atoms with Crippen molar-refractivity contribution in [3.05, 3.63) is 46.4 Å². The maximum absolute atomic E-state index is 6.05. The van der Waals surface area contributed by atoms with E-state index < -0.39 is 0 Å². The SMILES string of the molecule is Clc1cccc2nc(-c3ccc(Br)o3)cn12. The lowest BCUT2D eigenvalue weighted by molar-refractivity contribution is 0.554. The second-order valence-electron chi connectivity index (χ2n) is 3.31. The van der Waals surface area contributed by atoms with Crippen LogP contribution in [0.15, 0.2) is 45.6 Å². The van der Waals surface area contributed by atoms with Crippen molar-refractivity contribution in [2.45, 2.75) is 0 Å². The van der Waals surface area contributed by atoms with E-state index in [2.05, 4.69) is 20.9 Å². The Morgan fingerprint density at radius 2 is 2.12 bits per heavy atom. The molecule has 0 aliphatic carbocycles. The van der Waals surface area contributed by atoms with Crippen LogP contribution in [-0.2, 0) is 0 Å². The summed E-state index contributed by atoms with van der Waals surface area (Å²) in [7, 11) is 0. The molecule has 3 nitrogen and oxygen atoms in total. The Balaban J connectivity index is 2.22. The third-order valence-corrected chi connectivity index (χ3v) is 3.00. The Morgan fingerprint density at radius 3 is 2.81 bits per heavy atom. The summed E-state index contributed by atoms with van der Waals surface area (Å²) in [5.41, 5.74) is 1.56. The molecule has 0 fully saturated rings. The average molecular weight is 298 g/mol. The summed E-state index contributed by atoms with van der Waals surface area (Å²) >= 11 is 9.31. The van der Waals surface area contributed by atoms with Crippen LogP contribution in [0.25, 0.3) is 17.1 Å². The molecule has 0 amide bonds. The lowest BCUT2D eigenvalue weighted by Gasteiger charge is -1.93. The Kier molecular flexibility index (Phi) is 2.26. The monoisotopic (exact) mass is 296 g/mol. The van der Waals surface area contributed by atoms with E-state index in [1.54, 1.807) is 0 Å². The van der Waals surface area contributed by atoms with E-state index in [4.69, 9.17) is 16.0 Å². The van der Waals surface area contributed by atoms with Crippen LogP contribution in [-0.4, -0.2) is 9.38 Å². The predicted octanol–water partition coefficient (Wildman–Crippen LogP) is 4.01. The molecule has 0 aromatic carbocycles. The molecule has 80 valence electrons. The van der Waals surface area contributed by atoms with Crippen molar-refractivity contribution in [3.8, 4) is 11.5 Å². The van der Waals surface area contributed by atoms with Crippen molar-refractivity contribution in [2.24, 2.45) is 0 Å². The van der Waals surface area contributed by atoms with Crippen molar-refractivity contribution in [2.75, 3.05) is 0 Å². The van der Waals surface area contributed by atoms with Gasteiger partial charge in [-0.05, 0) is 40.2 Å². The normalized spacial score (nSPS) is 11.1. The van der Waals surface area contributed by atoms with Gasteiger partial charge in [0.25, 0.3) is 0 Å². The molecule has 0 atom stereocenters. The highest BCUT2D eigenvalue weighted by Gasteiger charge is 2.09. The van der Waals surface area contributed by atoms with Crippen molar-refractivity contribution in [3.63, 3.8) is 0 Å². The minimum absolute atomic E-state index is 0.627. The molecule has 0 bridgehead atoms. The van der Waals surface area contributed by atoms with Gasteiger partial charge in [-0.2, -0.15) is 0 Å². The van der Waals surface area contributed by atoms with Gasteiger partial charge in [0.05, 0.1) is 0 Å². The Morgan fingerprint density at radius 1 is 1.25 bits per heavy atom. The molecule has 3 aromatic rings. The minimum Gasteiger partial charge on any atom is -0.448 e. The average Bonchev–Trinajstić information content (AvgIpc) is 2.84. The van der Waals surface area contributed by atoms with E-state index in [0.29, 0.717) is 15.6 Å². The van der Waals surface area contributed by atoms with Crippen molar-refractivity contribution >= 4 is 33.2 Å². The van der Waals surface area contributed by atoms with Gasteiger partial charge < -0.3 is 4.42 Å². The fourth-order valence-corrected chi connectivity index (χ4v) is 2.06. The van der Waals surface area contributed by atoms with Gasteiger partial charge in [-0.25, -0.2) is 4.98 Å². The second-order valence-corrected chi connectivity index (χ2v) is 4.48. The molecule has 3 heterocycles. The first-order valence-corrected chi connectivity index (χ1v) is 5.80. The molecule has 0 spiro atoms. The van der Waals surface area contributed by atoms with Gasteiger partial charge in [-0.3, -0.25) is 4.40 Å². The van der Waals surface area contributed by atoms with Crippen LogP contribution in [0.3, 0.4) is 0 Å². The zero-order chi connectivity index (χ0) is 11.1. The summed E-state index contributed by atoms with van der Waals surface area (Å²) in [5.74, 6) is 0.714. The van der Waals surface area contributed by atoms with E-state index in [1.165, 1.54) is 0 Å².